The molecular weight excluding hydrogens is 684 g/mol. The van der Waals surface area contributed by atoms with Crippen molar-refractivity contribution in [1.29, 1.82) is 0 Å². The third kappa shape index (κ3) is 5.70. The number of pyridine rings is 2. The Kier molecular flexibility index (Phi) is 8.39. The number of nitrogens with zero attached hydrogens (tertiary/aromatic N) is 7. The zero-order valence-corrected chi connectivity index (χ0v) is 32.1. The van der Waals surface area contributed by atoms with Gasteiger partial charge in [-0.1, -0.05) is 26.0 Å². The Balaban J connectivity index is 1.08. The van der Waals surface area contributed by atoms with Crippen molar-refractivity contribution in [1.82, 2.24) is 29.3 Å². The summed E-state index contributed by atoms with van der Waals surface area (Å²) in [6, 6.07) is 10.6. The first kappa shape index (κ1) is 35.3. The fourth-order valence-corrected chi connectivity index (χ4v) is 9.73. The van der Waals surface area contributed by atoms with Crippen LogP contribution in [-0.2, 0) is 19.7 Å². The van der Waals surface area contributed by atoms with Crippen LogP contribution in [0.4, 0.5) is 21.6 Å². The lowest BCUT2D eigenvalue weighted by molar-refractivity contribution is -0.144. The van der Waals surface area contributed by atoms with Crippen molar-refractivity contribution in [3.63, 3.8) is 0 Å². The van der Waals surface area contributed by atoms with Crippen LogP contribution in [-0.4, -0.2) is 92.6 Å². The van der Waals surface area contributed by atoms with Gasteiger partial charge in [-0.05, 0) is 95.0 Å². The number of anilines is 3. The van der Waals surface area contributed by atoms with Crippen LogP contribution in [0, 0.1) is 16.6 Å². The summed E-state index contributed by atoms with van der Waals surface area (Å²) in [5.74, 6) is 0.329. The molecule has 12 heteroatoms. The van der Waals surface area contributed by atoms with Crippen LogP contribution in [0.3, 0.4) is 0 Å². The van der Waals surface area contributed by atoms with E-state index >= 15 is 0 Å². The van der Waals surface area contributed by atoms with Gasteiger partial charge in [-0.25, -0.2) is 14.4 Å². The van der Waals surface area contributed by atoms with Crippen LogP contribution in [0.1, 0.15) is 84.7 Å². The van der Waals surface area contributed by atoms with Gasteiger partial charge in [0.2, 0.25) is 11.8 Å². The second-order valence-electron chi connectivity index (χ2n) is 17.8. The van der Waals surface area contributed by atoms with Crippen LogP contribution in [0.2, 0.25) is 0 Å². The molecule has 54 heavy (non-hydrogen) atoms. The summed E-state index contributed by atoms with van der Waals surface area (Å²) in [5, 5.41) is 3.24. The van der Waals surface area contributed by atoms with Gasteiger partial charge < -0.3 is 24.4 Å². The number of piperidine rings is 1. The maximum absolute atomic E-state index is 15.0. The Labute approximate surface area is 316 Å². The number of halogens is 1. The molecule has 7 heterocycles. The summed E-state index contributed by atoms with van der Waals surface area (Å²) in [7, 11) is 0. The molecule has 9 rings (SSSR count). The quantitative estimate of drug-likeness (QED) is 0.220. The number of fused-ring (bicyclic) bond motifs is 3. The number of nitrogens with one attached hydrogen (secondary N) is 1. The summed E-state index contributed by atoms with van der Waals surface area (Å²) in [5.41, 5.74) is 4.49. The van der Waals surface area contributed by atoms with E-state index < -0.39 is 16.6 Å². The minimum absolute atomic E-state index is 0.107. The van der Waals surface area contributed by atoms with Crippen molar-refractivity contribution in [3.8, 4) is 11.3 Å². The smallest absolute Gasteiger partial charge is 0.238 e. The number of rotatable bonds is 7. The normalized spacial score (nSPS) is 26.2. The van der Waals surface area contributed by atoms with E-state index in [-0.39, 0.29) is 29.6 Å². The average Bonchev–Trinajstić information content (AvgIpc) is 3.91. The number of imidazole rings is 1. The van der Waals surface area contributed by atoms with E-state index in [1.54, 1.807) is 18.6 Å². The highest BCUT2D eigenvalue weighted by molar-refractivity contribution is 6.09. The van der Waals surface area contributed by atoms with Gasteiger partial charge >= 0.3 is 0 Å². The standard InChI is InChI=1S/C42H51FN8O3/c1-26(2)50-25-45-34-21-33(47-37(36(34)50)46-32-8-13-44-22-31(32)43)27-6-7-30-35(18-27)51(29-19-28(20-29)49-14-9-40(3,4)23-49)39(53)42(30)10-15-48(16-11-42)38(52)41(5)12-17-54-24-41/h6-8,13,18,21-22,25-26,28-29H,9-12,14-17,19-20,23-24H2,1-5H3,(H,44,46,47). The highest BCUT2D eigenvalue weighted by Gasteiger charge is 2.57. The monoisotopic (exact) mass is 734 g/mol. The zero-order chi connectivity index (χ0) is 37.6. The van der Waals surface area contributed by atoms with Crippen molar-refractivity contribution < 1.29 is 18.7 Å². The van der Waals surface area contributed by atoms with Crippen LogP contribution in [0.5, 0.6) is 0 Å². The van der Waals surface area contributed by atoms with Crippen molar-refractivity contribution >= 4 is 40.0 Å². The molecule has 4 aromatic rings. The van der Waals surface area contributed by atoms with Gasteiger partial charge in [0, 0.05) is 61.8 Å². The first-order valence-electron chi connectivity index (χ1n) is 19.7. The van der Waals surface area contributed by atoms with Crippen molar-refractivity contribution in [2.24, 2.45) is 10.8 Å². The van der Waals surface area contributed by atoms with E-state index in [9.17, 15) is 14.0 Å². The van der Waals surface area contributed by atoms with E-state index in [1.165, 1.54) is 12.6 Å². The number of likely N-dealkylation sites (tertiary alicyclic amines) is 2. The van der Waals surface area contributed by atoms with Gasteiger partial charge in [-0.2, -0.15) is 0 Å². The van der Waals surface area contributed by atoms with Crippen LogP contribution < -0.4 is 10.2 Å². The minimum Gasteiger partial charge on any atom is -0.380 e. The lowest BCUT2D eigenvalue weighted by atomic mass is 9.72. The molecule has 11 nitrogen and oxygen atoms in total. The molecule has 1 aliphatic carbocycles. The predicted octanol–water partition coefficient (Wildman–Crippen LogP) is 6.85. The van der Waals surface area contributed by atoms with Crippen molar-refractivity contribution in [2.45, 2.75) is 96.7 Å². The van der Waals surface area contributed by atoms with E-state index in [0.29, 0.717) is 62.1 Å². The van der Waals surface area contributed by atoms with Gasteiger partial charge in [-0.15, -0.1) is 0 Å². The predicted molar refractivity (Wildman–Crippen MR) is 206 cm³/mol. The molecule has 0 radical (unpaired) electrons. The summed E-state index contributed by atoms with van der Waals surface area (Å²) in [6.07, 6.45) is 9.55. The lowest BCUT2D eigenvalue weighted by Crippen LogP contribution is -2.58. The Morgan fingerprint density at radius 1 is 1.02 bits per heavy atom. The van der Waals surface area contributed by atoms with E-state index in [4.69, 9.17) is 14.7 Å². The van der Waals surface area contributed by atoms with Gasteiger partial charge in [0.25, 0.3) is 0 Å². The Hall–Kier alpha value is -4.42. The third-order valence-electron chi connectivity index (χ3n) is 13.1. The topological polar surface area (TPSA) is 109 Å². The Bertz CT molecular complexity index is 2130. The fraction of sp³-hybridized carbons (Fsp3) is 0.548. The molecule has 4 aliphatic heterocycles. The number of ether oxygens (including phenoxy) is 1. The first-order chi connectivity index (χ1) is 25.9. The minimum atomic E-state index is -0.683. The molecule has 1 N–H and O–H groups in total. The van der Waals surface area contributed by atoms with E-state index in [2.05, 4.69) is 66.0 Å². The van der Waals surface area contributed by atoms with E-state index in [0.717, 1.165) is 60.2 Å². The molecule has 1 atom stereocenters. The molecule has 1 spiro atoms. The molecule has 4 fully saturated rings. The maximum Gasteiger partial charge on any atom is 0.238 e. The molecular formula is C42H51FN8O3. The first-order valence-corrected chi connectivity index (χ1v) is 19.7. The third-order valence-corrected chi connectivity index (χ3v) is 13.1. The Morgan fingerprint density at radius 2 is 1.81 bits per heavy atom. The number of benzene rings is 1. The molecule has 3 saturated heterocycles. The molecule has 0 bridgehead atoms. The number of hydrogen-bond acceptors (Lipinski definition) is 8. The highest BCUT2D eigenvalue weighted by atomic mass is 19.1. The van der Waals surface area contributed by atoms with Crippen molar-refractivity contribution in [3.05, 3.63) is 60.4 Å². The Morgan fingerprint density at radius 3 is 2.50 bits per heavy atom. The van der Waals surface area contributed by atoms with Gasteiger partial charge in [-0.3, -0.25) is 19.5 Å². The number of carbonyl (C=O) groups excluding carboxylic acids is 2. The lowest BCUT2D eigenvalue weighted by Gasteiger charge is -2.47. The number of hydrogen-bond donors (Lipinski definition) is 1. The molecule has 1 unspecified atom stereocenters. The van der Waals surface area contributed by atoms with Gasteiger partial charge in [0.05, 0.1) is 46.9 Å². The summed E-state index contributed by atoms with van der Waals surface area (Å²) in [4.78, 5) is 49.1. The van der Waals surface area contributed by atoms with Crippen LogP contribution in [0.25, 0.3) is 22.3 Å². The zero-order valence-electron chi connectivity index (χ0n) is 32.1. The molecule has 3 aromatic heterocycles. The average molecular weight is 735 g/mol. The van der Waals surface area contributed by atoms with Gasteiger partial charge in [0.15, 0.2) is 11.6 Å². The number of amides is 2. The number of aromatic nitrogens is 4. The largest absolute Gasteiger partial charge is 0.380 e. The van der Waals surface area contributed by atoms with Gasteiger partial charge in [0.1, 0.15) is 5.52 Å². The SMILES string of the molecule is CC(C)n1cnc2cc(-c3ccc4c(c3)N(C3CC(N5CCC(C)(C)C5)C3)C(=O)C43CCN(C(=O)C4(C)CCOC4)CC3)nc(Nc3ccncc3F)c21. The molecule has 5 aliphatic rings. The fourth-order valence-electron chi connectivity index (χ4n) is 9.73. The highest BCUT2D eigenvalue weighted by Crippen LogP contribution is 2.53. The summed E-state index contributed by atoms with van der Waals surface area (Å²) < 4.78 is 22.5. The summed E-state index contributed by atoms with van der Waals surface area (Å²) in [6.45, 7) is 15.2. The molecule has 1 aromatic carbocycles. The summed E-state index contributed by atoms with van der Waals surface area (Å²) >= 11 is 0. The maximum atomic E-state index is 15.0. The molecule has 284 valence electrons. The number of carbonyl (C=O) groups is 2. The molecule has 2 amide bonds. The van der Waals surface area contributed by atoms with Crippen LogP contribution >= 0.6 is 0 Å². The van der Waals surface area contributed by atoms with Crippen molar-refractivity contribution in [2.75, 3.05) is 49.6 Å². The molecule has 1 saturated carbocycles. The second kappa shape index (κ2) is 12.8. The second-order valence-corrected chi connectivity index (χ2v) is 17.8. The van der Waals surface area contributed by atoms with E-state index in [1.807, 2.05) is 22.5 Å². The van der Waals surface area contributed by atoms with Crippen LogP contribution in [0.15, 0.2) is 49.1 Å².